The van der Waals surface area contributed by atoms with E-state index in [2.05, 4.69) is 6.92 Å². The first kappa shape index (κ1) is 23.0. The van der Waals surface area contributed by atoms with E-state index in [0.717, 1.165) is 24.2 Å². The molecule has 0 aliphatic carbocycles. The van der Waals surface area contributed by atoms with Gasteiger partial charge in [-0.1, -0.05) is 51.2 Å². The summed E-state index contributed by atoms with van der Waals surface area (Å²) in [5.74, 6) is 0.0177. The molecule has 0 amide bonds. The van der Waals surface area contributed by atoms with Crippen LogP contribution in [0.3, 0.4) is 0 Å². The minimum Gasteiger partial charge on any atom is -0.497 e. The standard InChI is InChI=1S/C22H34O5/c1-4-5-6-7-8-9-10-18(2)27-22(24)16-15-21(23)26-17-19-11-13-20(25-3)14-12-19/h11-14,18H,4-10,15-17H2,1-3H3. The fourth-order valence-electron chi connectivity index (χ4n) is 2.72. The molecule has 0 bridgehead atoms. The monoisotopic (exact) mass is 378 g/mol. The van der Waals surface area contributed by atoms with Crippen LogP contribution in [-0.2, 0) is 25.7 Å². The van der Waals surface area contributed by atoms with Crippen molar-refractivity contribution < 1.29 is 23.8 Å². The Bertz CT molecular complexity index is 538. The van der Waals surface area contributed by atoms with Gasteiger partial charge >= 0.3 is 11.9 Å². The molecule has 27 heavy (non-hydrogen) atoms. The molecule has 5 heteroatoms. The van der Waals surface area contributed by atoms with Gasteiger partial charge in [-0.05, 0) is 37.5 Å². The van der Waals surface area contributed by atoms with E-state index >= 15 is 0 Å². The van der Waals surface area contributed by atoms with Gasteiger partial charge in [0.1, 0.15) is 12.4 Å². The molecule has 0 spiro atoms. The molecule has 1 aromatic rings. The first-order valence-electron chi connectivity index (χ1n) is 10.0. The molecule has 0 aliphatic rings. The van der Waals surface area contributed by atoms with E-state index in [9.17, 15) is 9.59 Å². The molecule has 0 saturated heterocycles. The lowest BCUT2D eigenvalue weighted by atomic mass is 10.1. The van der Waals surface area contributed by atoms with Crippen LogP contribution in [-0.4, -0.2) is 25.2 Å². The van der Waals surface area contributed by atoms with Crippen LogP contribution in [0.25, 0.3) is 0 Å². The van der Waals surface area contributed by atoms with Gasteiger partial charge in [-0.3, -0.25) is 9.59 Å². The molecule has 1 aromatic carbocycles. The molecule has 1 rings (SSSR count). The van der Waals surface area contributed by atoms with Gasteiger partial charge in [0.2, 0.25) is 0 Å². The maximum absolute atomic E-state index is 11.8. The number of hydrogen-bond donors (Lipinski definition) is 0. The van der Waals surface area contributed by atoms with Gasteiger partial charge in [-0.2, -0.15) is 0 Å². The summed E-state index contributed by atoms with van der Waals surface area (Å²) in [6.45, 7) is 4.30. The van der Waals surface area contributed by atoms with E-state index in [1.165, 1.54) is 32.1 Å². The fraction of sp³-hybridized carbons (Fsp3) is 0.636. The molecule has 0 fully saturated rings. The molecule has 0 aliphatic heterocycles. The van der Waals surface area contributed by atoms with Crippen LogP contribution in [0.15, 0.2) is 24.3 Å². The third kappa shape index (κ3) is 11.3. The summed E-state index contributed by atoms with van der Waals surface area (Å²) < 4.78 is 15.6. The summed E-state index contributed by atoms with van der Waals surface area (Å²) in [4.78, 5) is 23.6. The third-order valence-corrected chi connectivity index (χ3v) is 4.39. The first-order valence-corrected chi connectivity index (χ1v) is 10.0. The highest BCUT2D eigenvalue weighted by molar-refractivity contribution is 5.77. The zero-order chi connectivity index (χ0) is 19.9. The van der Waals surface area contributed by atoms with E-state index in [0.29, 0.717) is 0 Å². The summed E-state index contributed by atoms with van der Waals surface area (Å²) in [6, 6.07) is 7.30. The van der Waals surface area contributed by atoms with Crippen molar-refractivity contribution in [2.24, 2.45) is 0 Å². The molecule has 1 unspecified atom stereocenters. The van der Waals surface area contributed by atoms with Crippen molar-refractivity contribution in [2.45, 2.75) is 84.3 Å². The number of carbonyl (C=O) groups is 2. The van der Waals surface area contributed by atoms with Crippen molar-refractivity contribution in [2.75, 3.05) is 7.11 Å². The van der Waals surface area contributed by atoms with Gasteiger partial charge in [0.05, 0.1) is 26.1 Å². The minimum atomic E-state index is -0.397. The number of rotatable bonds is 14. The van der Waals surface area contributed by atoms with Crippen molar-refractivity contribution in [1.82, 2.24) is 0 Å². The molecule has 0 N–H and O–H groups in total. The Hall–Kier alpha value is -2.04. The second kappa shape index (κ2) is 14.1. The minimum absolute atomic E-state index is 0.0404. The highest BCUT2D eigenvalue weighted by Crippen LogP contribution is 2.13. The summed E-state index contributed by atoms with van der Waals surface area (Å²) in [5, 5.41) is 0. The lowest BCUT2D eigenvalue weighted by Gasteiger charge is -2.13. The molecule has 0 heterocycles. The number of unbranched alkanes of at least 4 members (excludes halogenated alkanes) is 5. The Balaban J connectivity index is 2.11. The van der Waals surface area contributed by atoms with Crippen molar-refractivity contribution in [3.63, 3.8) is 0 Å². The lowest BCUT2D eigenvalue weighted by Crippen LogP contribution is -2.16. The van der Waals surface area contributed by atoms with Crippen LogP contribution in [0.5, 0.6) is 5.75 Å². The van der Waals surface area contributed by atoms with Gasteiger partial charge in [0, 0.05) is 0 Å². The molecule has 0 aromatic heterocycles. The van der Waals surface area contributed by atoms with Gasteiger partial charge in [0.25, 0.3) is 0 Å². The second-order valence-corrected chi connectivity index (χ2v) is 6.87. The van der Waals surface area contributed by atoms with Crippen LogP contribution in [0.2, 0.25) is 0 Å². The Morgan fingerprint density at radius 1 is 0.926 bits per heavy atom. The summed E-state index contributed by atoms with van der Waals surface area (Å²) in [5.41, 5.74) is 0.874. The van der Waals surface area contributed by atoms with Crippen LogP contribution in [0, 0.1) is 0 Å². The van der Waals surface area contributed by atoms with Gasteiger partial charge < -0.3 is 14.2 Å². The Kier molecular flexibility index (Phi) is 12.0. The average Bonchev–Trinajstić information content (AvgIpc) is 2.67. The molecule has 152 valence electrons. The fourth-order valence-corrected chi connectivity index (χ4v) is 2.72. The van der Waals surface area contributed by atoms with E-state index in [-0.39, 0.29) is 31.5 Å². The molecule has 5 nitrogen and oxygen atoms in total. The number of benzene rings is 1. The number of methoxy groups -OCH3 is 1. The third-order valence-electron chi connectivity index (χ3n) is 4.39. The van der Waals surface area contributed by atoms with Crippen LogP contribution < -0.4 is 4.74 Å². The maximum atomic E-state index is 11.8. The van der Waals surface area contributed by atoms with Crippen LogP contribution in [0.4, 0.5) is 0 Å². The highest BCUT2D eigenvalue weighted by atomic mass is 16.5. The van der Waals surface area contributed by atoms with Crippen molar-refractivity contribution in [1.29, 1.82) is 0 Å². The number of carbonyl (C=O) groups excluding carboxylic acids is 2. The number of esters is 2. The molecule has 0 radical (unpaired) electrons. The maximum Gasteiger partial charge on any atom is 0.306 e. The molecular formula is C22H34O5. The van der Waals surface area contributed by atoms with Crippen molar-refractivity contribution in [3.8, 4) is 5.75 Å². The summed E-state index contributed by atoms with van der Waals surface area (Å²) in [6.07, 6.45) is 8.19. The van der Waals surface area contributed by atoms with Crippen molar-refractivity contribution >= 4 is 11.9 Å². The van der Waals surface area contributed by atoms with Gasteiger partial charge in [-0.25, -0.2) is 0 Å². The van der Waals surface area contributed by atoms with E-state index < -0.39 is 5.97 Å². The van der Waals surface area contributed by atoms with Crippen LogP contribution in [0.1, 0.15) is 77.2 Å². The second-order valence-electron chi connectivity index (χ2n) is 6.87. The zero-order valence-corrected chi connectivity index (χ0v) is 17.0. The Labute approximate surface area is 163 Å². The van der Waals surface area contributed by atoms with Gasteiger partial charge in [-0.15, -0.1) is 0 Å². The molecule has 1 atom stereocenters. The van der Waals surface area contributed by atoms with Crippen molar-refractivity contribution in [3.05, 3.63) is 29.8 Å². The Morgan fingerprint density at radius 3 is 2.22 bits per heavy atom. The van der Waals surface area contributed by atoms with Gasteiger partial charge in [0.15, 0.2) is 0 Å². The van der Waals surface area contributed by atoms with E-state index in [1.54, 1.807) is 7.11 Å². The number of hydrogen-bond acceptors (Lipinski definition) is 5. The Morgan fingerprint density at radius 2 is 1.56 bits per heavy atom. The predicted molar refractivity (Wildman–Crippen MR) is 106 cm³/mol. The summed E-state index contributed by atoms with van der Waals surface area (Å²) >= 11 is 0. The molecular weight excluding hydrogens is 344 g/mol. The smallest absolute Gasteiger partial charge is 0.306 e. The first-order chi connectivity index (χ1) is 13.0. The normalized spacial score (nSPS) is 11.7. The molecule has 0 saturated carbocycles. The van der Waals surface area contributed by atoms with Crippen LogP contribution >= 0.6 is 0 Å². The summed E-state index contributed by atoms with van der Waals surface area (Å²) in [7, 11) is 1.60. The predicted octanol–water partition coefficient (Wildman–Crippen LogP) is 5.20. The lowest BCUT2D eigenvalue weighted by molar-refractivity contribution is -0.153. The topological polar surface area (TPSA) is 61.8 Å². The van der Waals surface area contributed by atoms with E-state index in [1.807, 2.05) is 31.2 Å². The van der Waals surface area contributed by atoms with E-state index in [4.69, 9.17) is 14.2 Å². The quantitative estimate of drug-likeness (QED) is 0.329. The SMILES string of the molecule is CCCCCCCCC(C)OC(=O)CCC(=O)OCc1ccc(OC)cc1. The average molecular weight is 379 g/mol. The zero-order valence-electron chi connectivity index (χ0n) is 17.0. The highest BCUT2D eigenvalue weighted by Gasteiger charge is 2.12. The largest absolute Gasteiger partial charge is 0.497 e. The number of ether oxygens (including phenoxy) is 3.